The molecule has 0 saturated carbocycles. The van der Waals surface area contributed by atoms with Crippen molar-refractivity contribution in [1.29, 1.82) is 0 Å². The molecule has 0 unspecified atom stereocenters. The van der Waals surface area contributed by atoms with Crippen LogP contribution in [0.15, 0.2) is 27.8 Å². The van der Waals surface area contributed by atoms with Gasteiger partial charge in [-0.15, -0.1) is 10.2 Å². The topological polar surface area (TPSA) is 94.0 Å². The number of nitrogens with one attached hydrogen (secondary N) is 1. The van der Waals surface area contributed by atoms with Crippen LogP contribution in [-0.2, 0) is 4.79 Å². The lowest BCUT2D eigenvalue weighted by molar-refractivity contribution is -0.113. The molecule has 0 fully saturated rings. The van der Waals surface area contributed by atoms with Crippen LogP contribution in [0, 0.1) is 13.8 Å². The maximum atomic E-state index is 11.8. The van der Waals surface area contributed by atoms with Crippen LogP contribution in [-0.4, -0.2) is 21.9 Å². The van der Waals surface area contributed by atoms with Crippen molar-refractivity contribution in [2.75, 3.05) is 16.8 Å². The average Bonchev–Trinajstić information content (AvgIpc) is 2.77. The molecule has 1 heterocycles. The first-order chi connectivity index (χ1) is 9.06. The van der Waals surface area contributed by atoms with Gasteiger partial charge in [-0.25, -0.2) is 0 Å². The third-order valence-corrected chi connectivity index (χ3v) is 3.22. The van der Waals surface area contributed by atoms with Gasteiger partial charge in [-0.3, -0.25) is 4.79 Å². The summed E-state index contributed by atoms with van der Waals surface area (Å²) < 4.78 is 5.17. The number of benzene rings is 1. The molecule has 0 aliphatic rings. The highest BCUT2D eigenvalue weighted by molar-refractivity contribution is 7.99. The van der Waals surface area contributed by atoms with Gasteiger partial charge in [-0.05, 0) is 18.6 Å². The molecule has 0 atom stereocenters. The molecule has 0 aliphatic heterocycles. The molecule has 3 N–H and O–H groups in total. The molecule has 2 rings (SSSR count). The SMILES string of the molecule is Cc1nnc(SCC(=O)Nc2c(C)cccc2N)o1. The molecule has 2 aromatic rings. The summed E-state index contributed by atoms with van der Waals surface area (Å²) >= 11 is 1.19. The van der Waals surface area contributed by atoms with Gasteiger partial charge >= 0.3 is 0 Å². The fraction of sp³-hybridized carbons (Fsp3) is 0.250. The largest absolute Gasteiger partial charge is 0.416 e. The average molecular weight is 278 g/mol. The van der Waals surface area contributed by atoms with Crippen molar-refractivity contribution < 1.29 is 9.21 Å². The Morgan fingerprint density at radius 3 is 2.84 bits per heavy atom. The minimum Gasteiger partial charge on any atom is -0.416 e. The van der Waals surface area contributed by atoms with E-state index in [0.717, 1.165) is 5.56 Å². The second kappa shape index (κ2) is 5.75. The van der Waals surface area contributed by atoms with Crippen LogP contribution >= 0.6 is 11.8 Å². The summed E-state index contributed by atoms with van der Waals surface area (Å²) in [5.74, 6) is 0.503. The molecular formula is C12H14N4O2S. The number of aryl methyl sites for hydroxylation is 2. The van der Waals surface area contributed by atoms with E-state index in [1.807, 2.05) is 19.1 Å². The number of hydrogen-bond donors (Lipinski definition) is 2. The van der Waals surface area contributed by atoms with Gasteiger partial charge in [0.1, 0.15) is 0 Å². The van der Waals surface area contributed by atoms with Gasteiger partial charge in [0.2, 0.25) is 11.8 Å². The van der Waals surface area contributed by atoms with Crippen molar-refractivity contribution >= 4 is 29.0 Å². The summed E-state index contributed by atoms with van der Waals surface area (Å²) in [7, 11) is 0. The van der Waals surface area contributed by atoms with E-state index in [0.29, 0.717) is 22.5 Å². The number of nitrogen functional groups attached to an aromatic ring is 1. The Kier molecular flexibility index (Phi) is 4.06. The van der Waals surface area contributed by atoms with Crippen LogP contribution in [0.4, 0.5) is 11.4 Å². The van der Waals surface area contributed by atoms with Crippen molar-refractivity contribution in [3.05, 3.63) is 29.7 Å². The Morgan fingerprint density at radius 2 is 2.21 bits per heavy atom. The van der Waals surface area contributed by atoms with E-state index in [9.17, 15) is 4.79 Å². The molecule has 1 amide bonds. The fourth-order valence-corrected chi connectivity index (χ4v) is 2.11. The molecule has 1 aromatic carbocycles. The molecule has 0 bridgehead atoms. The predicted octanol–water partition coefficient (Wildman–Crippen LogP) is 2.00. The first-order valence-corrected chi connectivity index (χ1v) is 6.62. The fourth-order valence-electron chi connectivity index (χ4n) is 1.50. The van der Waals surface area contributed by atoms with Crippen LogP contribution in [0.3, 0.4) is 0 Å². The Morgan fingerprint density at radius 1 is 1.42 bits per heavy atom. The second-order valence-electron chi connectivity index (χ2n) is 3.96. The molecule has 0 saturated heterocycles. The Hall–Kier alpha value is -2.02. The zero-order valence-corrected chi connectivity index (χ0v) is 11.5. The summed E-state index contributed by atoms with van der Waals surface area (Å²) in [5, 5.41) is 10.6. The number of aromatic nitrogens is 2. The second-order valence-corrected chi connectivity index (χ2v) is 4.89. The Labute approximate surface area is 114 Å². The van der Waals surface area contributed by atoms with E-state index < -0.39 is 0 Å². The van der Waals surface area contributed by atoms with Gasteiger partial charge in [0.25, 0.3) is 5.22 Å². The summed E-state index contributed by atoms with van der Waals surface area (Å²) in [6.07, 6.45) is 0. The monoisotopic (exact) mass is 278 g/mol. The third kappa shape index (κ3) is 3.47. The number of rotatable bonds is 4. The quantitative estimate of drug-likeness (QED) is 0.656. The van der Waals surface area contributed by atoms with Crippen LogP contribution in [0.2, 0.25) is 0 Å². The lowest BCUT2D eigenvalue weighted by Gasteiger charge is -2.10. The van der Waals surface area contributed by atoms with Gasteiger partial charge in [-0.2, -0.15) is 0 Å². The number of nitrogens with zero attached hydrogens (tertiary/aromatic N) is 2. The van der Waals surface area contributed by atoms with Gasteiger partial charge < -0.3 is 15.5 Å². The maximum absolute atomic E-state index is 11.8. The number of carbonyl (C=O) groups is 1. The van der Waals surface area contributed by atoms with Gasteiger partial charge in [0, 0.05) is 6.92 Å². The zero-order valence-electron chi connectivity index (χ0n) is 10.6. The normalized spacial score (nSPS) is 10.4. The van der Waals surface area contributed by atoms with Crippen molar-refractivity contribution in [1.82, 2.24) is 10.2 Å². The highest BCUT2D eigenvalue weighted by Crippen LogP contribution is 2.23. The molecule has 6 nitrogen and oxygen atoms in total. The third-order valence-electron chi connectivity index (χ3n) is 2.40. The van der Waals surface area contributed by atoms with Crippen LogP contribution in [0.5, 0.6) is 0 Å². The molecule has 0 spiro atoms. The lowest BCUT2D eigenvalue weighted by Crippen LogP contribution is -2.16. The first kappa shape index (κ1) is 13.4. The molecular weight excluding hydrogens is 264 g/mol. The van der Waals surface area contributed by atoms with Crippen molar-refractivity contribution in [2.24, 2.45) is 0 Å². The van der Waals surface area contributed by atoms with E-state index in [2.05, 4.69) is 15.5 Å². The Balaban J connectivity index is 1.94. The van der Waals surface area contributed by atoms with Crippen LogP contribution in [0.1, 0.15) is 11.5 Å². The number of anilines is 2. The van der Waals surface area contributed by atoms with E-state index in [-0.39, 0.29) is 11.7 Å². The number of amides is 1. The molecule has 1 aromatic heterocycles. The summed E-state index contributed by atoms with van der Waals surface area (Å²) in [4.78, 5) is 11.8. The smallest absolute Gasteiger partial charge is 0.277 e. The summed E-state index contributed by atoms with van der Waals surface area (Å²) in [6.45, 7) is 3.59. The number of hydrogen-bond acceptors (Lipinski definition) is 6. The summed E-state index contributed by atoms with van der Waals surface area (Å²) in [5.41, 5.74) is 7.94. The lowest BCUT2D eigenvalue weighted by atomic mass is 10.1. The Bertz CT molecular complexity index is 577. The predicted molar refractivity (Wildman–Crippen MR) is 74.0 cm³/mol. The van der Waals surface area contributed by atoms with Gasteiger partial charge in [-0.1, -0.05) is 23.9 Å². The van der Waals surface area contributed by atoms with Crippen molar-refractivity contribution in [3.8, 4) is 0 Å². The van der Waals surface area contributed by atoms with E-state index in [4.69, 9.17) is 10.2 Å². The first-order valence-electron chi connectivity index (χ1n) is 5.64. The van der Waals surface area contributed by atoms with E-state index in [1.165, 1.54) is 11.8 Å². The zero-order chi connectivity index (χ0) is 13.8. The van der Waals surface area contributed by atoms with Crippen molar-refractivity contribution in [3.63, 3.8) is 0 Å². The molecule has 100 valence electrons. The molecule has 19 heavy (non-hydrogen) atoms. The molecule has 7 heteroatoms. The van der Waals surface area contributed by atoms with Gasteiger partial charge in [0.15, 0.2) is 0 Å². The number of thioether (sulfide) groups is 1. The number of carbonyl (C=O) groups excluding carboxylic acids is 1. The summed E-state index contributed by atoms with van der Waals surface area (Å²) in [6, 6.07) is 5.48. The van der Waals surface area contributed by atoms with Crippen LogP contribution < -0.4 is 11.1 Å². The maximum Gasteiger partial charge on any atom is 0.277 e. The number of nitrogens with two attached hydrogens (primary N) is 1. The van der Waals surface area contributed by atoms with E-state index in [1.54, 1.807) is 13.0 Å². The van der Waals surface area contributed by atoms with Crippen LogP contribution in [0.25, 0.3) is 0 Å². The van der Waals surface area contributed by atoms with Crippen molar-refractivity contribution in [2.45, 2.75) is 19.1 Å². The van der Waals surface area contributed by atoms with Gasteiger partial charge in [0.05, 0.1) is 17.1 Å². The van der Waals surface area contributed by atoms with E-state index >= 15 is 0 Å². The minimum atomic E-state index is -0.165. The molecule has 0 radical (unpaired) electrons. The standard InChI is InChI=1S/C12H14N4O2S/c1-7-4-3-5-9(13)11(7)14-10(17)6-19-12-16-15-8(2)18-12/h3-5H,6,13H2,1-2H3,(H,14,17). The number of para-hydroxylation sites is 1. The highest BCUT2D eigenvalue weighted by Gasteiger charge is 2.10. The molecule has 0 aliphatic carbocycles. The minimum absolute atomic E-state index is 0.165. The highest BCUT2D eigenvalue weighted by atomic mass is 32.2.